The molecule has 4 heteroatoms. The minimum atomic E-state index is -0.349. The van der Waals surface area contributed by atoms with Crippen molar-refractivity contribution in [1.82, 2.24) is 0 Å². The molecule has 1 aliphatic rings. The van der Waals surface area contributed by atoms with Crippen LogP contribution < -0.4 is 5.90 Å². The van der Waals surface area contributed by atoms with E-state index in [-0.39, 0.29) is 18.7 Å². The Bertz CT molecular complexity index is 184. The van der Waals surface area contributed by atoms with Gasteiger partial charge in [0.2, 0.25) is 0 Å². The van der Waals surface area contributed by atoms with Gasteiger partial charge < -0.3 is 4.74 Å². The van der Waals surface area contributed by atoms with Crippen LogP contribution in [-0.4, -0.2) is 18.7 Å². The van der Waals surface area contributed by atoms with Crippen LogP contribution >= 0.6 is 0 Å². The molecule has 0 aliphatic heterocycles. The second kappa shape index (κ2) is 5.98. The summed E-state index contributed by atoms with van der Waals surface area (Å²) in [5, 5.41) is 0. The van der Waals surface area contributed by atoms with Crippen molar-refractivity contribution in [3.63, 3.8) is 0 Å². The number of nitrogens with two attached hydrogens (primary N) is 1. The normalized spacial score (nSPS) is 27.3. The summed E-state index contributed by atoms with van der Waals surface area (Å²) in [4.78, 5) is 15.4. The molecule has 14 heavy (non-hydrogen) atoms. The Morgan fingerprint density at radius 2 is 2.14 bits per heavy atom. The first-order chi connectivity index (χ1) is 6.77. The van der Waals surface area contributed by atoms with Crippen LogP contribution in [0.25, 0.3) is 0 Å². The summed E-state index contributed by atoms with van der Waals surface area (Å²) in [7, 11) is 0. The molecule has 0 bridgehead atoms. The first kappa shape index (κ1) is 11.5. The van der Waals surface area contributed by atoms with Crippen LogP contribution in [0.5, 0.6) is 0 Å². The smallest absolute Gasteiger partial charge is 0.334 e. The molecule has 82 valence electrons. The third kappa shape index (κ3) is 3.27. The van der Waals surface area contributed by atoms with Crippen molar-refractivity contribution in [2.75, 3.05) is 6.61 Å². The number of hydrogen-bond donors (Lipinski definition) is 1. The van der Waals surface area contributed by atoms with Crippen molar-refractivity contribution in [3.05, 3.63) is 0 Å². The fraction of sp³-hybridized carbons (Fsp3) is 0.900. The predicted octanol–water partition coefficient (Wildman–Crippen LogP) is 1.39. The number of esters is 1. The first-order valence-corrected chi connectivity index (χ1v) is 5.29. The fourth-order valence-corrected chi connectivity index (χ4v) is 2.07. The van der Waals surface area contributed by atoms with E-state index in [1.165, 1.54) is 6.42 Å². The van der Waals surface area contributed by atoms with Crippen LogP contribution in [0, 0.1) is 5.92 Å². The maximum Gasteiger partial charge on any atom is 0.334 e. The van der Waals surface area contributed by atoms with E-state index in [2.05, 4.69) is 11.8 Å². The lowest BCUT2D eigenvalue weighted by atomic mass is 9.85. The highest BCUT2D eigenvalue weighted by Crippen LogP contribution is 2.29. The van der Waals surface area contributed by atoms with E-state index in [1.54, 1.807) is 0 Å². The van der Waals surface area contributed by atoms with E-state index in [0.717, 1.165) is 25.7 Å². The monoisotopic (exact) mass is 201 g/mol. The average Bonchev–Trinajstić information content (AvgIpc) is 2.19. The molecule has 0 radical (unpaired) electrons. The highest BCUT2D eigenvalue weighted by Gasteiger charge is 2.26. The number of ether oxygens (including phenoxy) is 1. The summed E-state index contributed by atoms with van der Waals surface area (Å²) in [6.45, 7) is 1.99. The van der Waals surface area contributed by atoms with Gasteiger partial charge in [0.15, 0.2) is 6.61 Å². The van der Waals surface area contributed by atoms with Crippen molar-refractivity contribution < 1.29 is 14.4 Å². The first-order valence-electron chi connectivity index (χ1n) is 5.29. The number of hydrogen-bond acceptors (Lipinski definition) is 4. The molecule has 2 N–H and O–H groups in total. The van der Waals surface area contributed by atoms with Crippen molar-refractivity contribution in [2.45, 2.75) is 45.1 Å². The lowest BCUT2D eigenvalue weighted by Crippen LogP contribution is -2.31. The maximum atomic E-state index is 11.1. The van der Waals surface area contributed by atoms with Crippen molar-refractivity contribution in [3.8, 4) is 0 Å². The van der Waals surface area contributed by atoms with E-state index in [1.807, 2.05) is 0 Å². The number of carbonyl (C=O) groups is 1. The molecule has 4 nitrogen and oxygen atoms in total. The molecule has 1 aliphatic carbocycles. The van der Waals surface area contributed by atoms with Crippen molar-refractivity contribution in [2.24, 2.45) is 11.8 Å². The van der Waals surface area contributed by atoms with Gasteiger partial charge in [0.25, 0.3) is 0 Å². The largest absolute Gasteiger partial charge is 0.460 e. The summed E-state index contributed by atoms with van der Waals surface area (Å²) in [5.74, 6) is 4.97. The molecular formula is C10H19NO3. The Morgan fingerprint density at radius 3 is 2.79 bits per heavy atom. The second-order valence-electron chi connectivity index (χ2n) is 3.79. The quantitative estimate of drug-likeness (QED) is 0.551. The molecule has 0 saturated heterocycles. The molecule has 1 fully saturated rings. The Morgan fingerprint density at radius 1 is 1.43 bits per heavy atom. The SMILES string of the molecule is CCC1CCCCC1OC(=O)CON. The van der Waals surface area contributed by atoms with Gasteiger partial charge in [-0.1, -0.05) is 13.3 Å². The van der Waals surface area contributed by atoms with Crippen LogP contribution in [0.15, 0.2) is 0 Å². The molecule has 1 rings (SSSR count). The van der Waals surface area contributed by atoms with E-state index in [9.17, 15) is 4.79 Å². The predicted molar refractivity (Wildman–Crippen MR) is 52.3 cm³/mol. The molecule has 0 heterocycles. The van der Waals surface area contributed by atoms with Gasteiger partial charge in [-0.15, -0.1) is 0 Å². The third-order valence-corrected chi connectivity index (χ3v) is 2.85. The van der Waals surface area contributed by atoms with Crippen LogP contribution in [0.2, 0.25) is 0 Å². The van der Waals surface area contributed by atoms with E-state index >= 15 is 0 Å². The molecule has 0 amide bonds. The van der Waals surface area contributed by atoms with E-state index < -0.39 is 0 Å². The molecular weight excluding hydrogens is 182 g/mol. The standard InChI is InChI=1S/C10H19NO3/c1-2-8-5-3-4-6-9(8)14-10(12)7-13-11/h8-9H,2-7,11H2,1H3. The van der Waals surface area contributed by atoms with Gasteiger partial charge >= 0.3 is 5.97 Å². The highest BCUT2D eigenvalue weighted by molar-refractivity contribution is 5.70. The minimum absolute atomic E-state index is 0.0800. The average molecular weight is 201 g/mol. The molecule has 2 atom stereocenters. The zero-order chi connectivity index (χ0) is 10.4. The summed E-state index contributed by atoms with van der Waals surface area (Å²) in [5.41, 5.74) is 0. The topological polar surface area (TPSA) is 61.5 Å². The number of rotatable bonds is 4. The Labute approximate surface area is 84.7 Å². The van der Waals surface area contributed by atoms with Gasteiger partial charge in [0.05, 0.1) is 0 Å². The van der Waals surface area contributed by atoms with Gasteiger partial charge in [-0.2, -0.15) is 0 Å². The van der Waals surface area contributed by atoms with E-state index in [4.69, 9.17) is 10.6 Å². The van der Waals surface area contributed by atoms with Gasteiger partial charge in [-0.3, -0.25) is 4.84 Å². The van der Waals surface area contributed by atoms with E-state index in [0.29, 0.717) is 5.92 Å². The Kier molecular flexibility index (Phi) is 4.90. The van der Waals surface area contributed by atoms with Crippen LogP contribution in [0.4, 0.5) is 0 Å². The molecule has 2 unspecified atom stereocenters. The zero-order valence-corrected chi connectivity index (χ0v) is 8.70. The lowest BCUT2D eigenvalue weighted by molar-refractivity contribution is -0.159. The van der Waals surface area contributed by atoms with Crippen LogP contribution in [0.1, 0.15) is 39.0 Å². The molecule has 0 aromatic heterocycles. The summed E-state index contributed by atoms with van der Waals surface area (Å²) >= 11 is 0. The highest BCUT2D eigenvalue weighted by atomic mass is 16.6. The van der Waals surface area contributed by atoms with Gasteiger partial charge in [0, 0.05) is 0 Å². The molecule has 0 aromatic rings. The molecule has 0 spiro atoms. The Hall–Kier alpha value is -0.610. The summed E-state index contributed by atoms with van der Waals surface area (Å²) < 4.78 is 5.29. The summed E-state index contributed by atoms with van der Waals surface area (Å²) in [6, 6.07) is 0. The number of carbonyl (C=O) groups excluding carboxylic acids is 1. The van der Waals surface area contributed by atoms with Crippen LogP contribution in [-0.2, 0) is 14.4 Å². The molecule has 1 saturated carbocycles. The Balaban J connectivity index is 2.36. The zero-order valence-electron chi connectivity index (χ0n) is 8.70. The third-order valence-electron chi connectivity index (χ3n) is 2.85. The minimum Gasteiger partial charge on any atom is -0.460 e. The summed E-state index contributed by atoms with van der Waals surface area (Å²) in [6.07, 6.45) is 5.70. The van der Waals surface area contributed by atoms with Gasteiger partial charge in [-0.25, -0.2) is 10.7 Å². The fourth-order valence-electron chi connectivity index (χ4n) is 2.07. The molecule has 0 aromatic carbocycles. The van der Waals surface area contributed by atoms with Crippen molar-refractivity contribution in [1.29, 1.82) is 0 Å². The van der Waals surface area contributed by atoms with Crippen molar-refractivity contribution >= 4 is 5.97 Å². The lowest BCUT2D eigenvalue weighted by Gasteiger charge is -2.30. The van der Waals surface area contributed by atoms with Gasteiger partial charge in [-0.05, 0) is 31.6 Å². The van der Waals surface area contributed by atoms with Crippen LogP contribution in [0.3, 0.4) is 0 Å². The van der Waals surface area contributed by atoms with Gasteiger partial charge in [0.1, 0.15) is 6.10 Å². The maximum absolute atomic E-state index is 11.1. The second-order valence-corrected chi connectivity index (χ2v) is 3.79.